The van der Waals surface area contributed by atoms with Gasteiger partial charge in [0.25, 0.3) is 5.91 Å². The van der Waals surface area contributed by atoms with E-state index < -0.39 is 11.7 Å². The highest BCUT2D eigenvalue weighted by atomic mass is 19.1. The summed E-state index contributed by atoms with van der Waals surface area (Å²) in [7, 11) is 0. The molecule has 19 heavy (non-hydrogen) atoms. The quantitative estimate of drug-likeness (QED) is 0.782. The highest BCUT2D eigenvalue weighted by Crippen LogP contribution is 2.14. The SMILES string of the molecule is CCNC(=O)CN(CC)C(=O)c1ccc(N)cc1F. The monoisotopic (exact) mass is 267 g/mol. The summed E-state index contributed by atoms with van der Waals surface area (Å²) in [5, 5.41) is 2.59. The fraction of sp³-hybridized carbons (Fsp3) is 0.385. The fourth-order valence-corrected chi connectivity index (χ4v) is 1.63. The number of amides is 2. The zero-order chi connectivity index (χ0) is 14.4. The van der Waals surface area contributed by atoms with Crippen LogP contribution in [0.4, 0.5) is 10.1 Å². The van der Waals surface area contributed by atoms with Crippen LogP contribution in [0.15, 0.2) is 18.2 Å². The summed E-state index contributed by atoms with van der Waals surface area (Å²) < 4.78 is 13.7. The number of hydrogen-bond donors (Lipinski definition) is 2. The predicted octanol–water partition coefficient (Wildman–Crippen LogP) is 1.01. The average Bonchev–Trinajstić information content (AvgIpc) is 2.35. The molecule has 0 aliphatic rings. The van der Waals surface area contributed by atoms with Gasteiger partial charge in [0.05, 0.1) is 12.1 Å². The van der Waals surface area contributed by atoms with Crippen molar-refractivity contribution in [3.63, 3.8) is 0 Å². The van der Waals surface area contributed by atoms with Crippen LogP contribution in [0.2, 0.25) is 0 Å². The van der Waals surface area contributed by atoms with Crippen molar-refractivity contribution in [2.24, 2.45) is 0 Å². The molecule has 1 aromatic rings. The third kappa shape index (κ3) is 3.94. The minimum absolute atomic E-state index is 0.0830. The van der Waals surface area contributed by atoms with Gasteiger partial charge >= 0.3 is 0 Å². The van der Waals surface area contributed by atoms with Crippen molar-refractivity contribution in [1.29, 1.82) is 0 Å². The molecule has 5 nitrogen and oxygen atoms in total. The number of nitrogens with one attached hydrogen (secondary N) is 1. The Bertz CT molecular complexity index is 477. The van der Waals surface area contributed by atoms with E-state index in [0.717, 1.165) is 6.07 Å². The van der Waals surface area contributed by atoms with E-state index in [1.54, 1.807) is 13.8 Å². The first-order valence-electron chi connectivity index (χ1n) is 6.10. The van der Waals surface area contributed by atoms with Crippen molar-refractivity contribution >= 4 is 17.5 Å². The maximum Gasteiger partial charge on any atom is 0.257 e. The molecule has 0 aromatic heterocycles. The Labute approximate surface area is 111 Å². The first kappa shape index (κ1) is 14.9. The Morgan fingerprint density at radius 3 is 2.58 bits per heavy atom. The van der Waals surface area contributed by atoms with E-state index in [4.69, 9.17) is 5.73 Å². The number of nitrogens with zero attached hydrogens (tertiary/aromatic N) is 1. The molecule has 1 aromatic carbocycles. The summed E-state index contributed by atoms with van der Waals surface area (Å²) in [6.45, 7) is 4.23. The van der Waals surface area contributed by atoms with E-state index >= 15 is 0 Å². The van der Waals surface area contributed by atoms with Crippen LogP contribution in [0.25, 0.3) is 0 Å². The van der Waals surface area contributed by atoms with Gasteiger partial charge in [-0.3, -0.25) is 9.59 Å². The third-order valence-corrected chi connectivity index (χ3v) is 2.60. The predicted molar refractivity (Wildman–Crippen MR) is 71.1 cm³/mol. The zero-order valence-corrected chi connectivity index (χ0v) is 11.1. The molecule has 1 rings (SSSR count). The van der Waals surface area contributed by atoms with Gasteiger partial charge in [0.2, 0.25) is 5.91 Å². The van der Waals surface area contributed by atoms with Gasteiger partial charge in [-0.15, -0.1) is 0 Å². The van der Waals surface area contributed by atoms with E-state index in [1.165, 1.54) is 17.0 Å². The summed E-state index contributed by atoms with van der Waals surface area (Å²) in [6.07, 6.45) is 0. The molecule has 2 amide bonds. The fourth-order valence-electron chi connectivity index (χ4n) is 1.63. The van der Waals surface area contributed by atoms with Crippen LogP contribution in [0.3, 0.4) is 0 Å². The molecule has 0 aliphatic carbocycles. The van der Waals surface area contributed by atoms with Gasteiger partial charge in [-0.2, -0.15) is 0 Å². The molecule has 0 saturated heterocycles. The lowest BCUT2D eigenvalue weighted by atomic mass is 10.1. The number of likely N-dealkylation sites (N-methyl/N-ethyl adjacent to an activating group) is 2. The molecule has 0 aliphatic heterocycles. The molecule has 0 radical (unpaired) electrons. The minimum atomic E-state index is -0.681. The molecule has 104 valence electrons. The summed E-state index contributed by atoms with van der Waals surface area (Å²) in [5.41, 5.74) is 5.60. The lowest BCUT2D eigenvalue weighted by Crippen LogP contribution is -2.40. The first-order chi connectivity index (χ1) is 8.99. The third-order valence-electron chi connectivity index (χ3n) is 2.60. The number of benzene rings is 1. The van der Waals surface area contributed by atoms with Gasteiger partial charge in [-0.05, 0) is 32.0 Å². The van der Waals surface area contributed by atoms with E-state index in [1.807, 2.05) is 0 Å². The molecule has 0 fully saturated rings. The van der Waals surface area contributed by atoms with Crippen LogP contribution in [0.5, 0.6) is 0 Å². The van der Waals surface area contributed by atoms with Gasteiger partial charge in [0.1, 0.15) is 5.82 Å². The van der Waals surface area contributed by atoms with Crippen molar-refractivity contribution in [2.45, 2.75) is 13.8 Å². The van der Waals surface area contributed by atoms with E-state index in [0.29, 0.717) is 13.1 Å². The minimum Gasteiger partial charge on any atom is -0.399 e. The van der Waals surface area contributed by atoms with Crippen molar-refractivity contribution in [2.75, 3.05) is 25.4 Å². The van der Waals surface area contributed by atoms with Crippen LogP contribution >= 0.6 is 0 Å². The molecular weight excluding hydrogens is 249 g/mol. The van der Waals surface area contributed by atoms with Gasteiger partial charge in [-0.25, -0.2) is 4.39 Å². The second-order valence-corrected chi connectivity index (χ2v) is 4.01. The number of nitrogen functional groups attached to an aromatic ring is 1. The topological polar surface area (TPSA) is 75.4 Å². The smallest absolute Gasteiger partial charge is 0.257 e. The molecule has 6 heteroatoms. The Balaban J connectivity index is 2.86. The molecule has 0 saturated carbocycles. The zero-order valence-electron chi connectivity index (χ0n) is 11.1. The maximum absolute atomic E-state index is 13.7. The lowest BCUT2D eigenvalue weighted by molar-refractivity contribution is -0.121. The largest absolute Gasteiger partial charge is 0.399 e. The number of nitrogens with two attached hydrogens (primary N) is 1. The van der Waals surface area contributed by atoms with E-state index in [9.17, 15) is 14.0 Å². The summed E-state index contributed by atoms with van der Waals surface area (Å²) in [6, 6.07) is 3.87. The van der Waals surface area contributed by atoms with Gasteiger partial charge in [0, 0.05) is 18.8 Å². The molecule has 0 bridgehead atoms. The summed E-state index contributed by atoms with van der Waals surface area (Å²) in [4.78, 5) is 24.9. The second kappa shape index (κ2) is 6.72. The first-order valence-corrected chi connectivity index (χ1v) is 6.10. The number of hydrogen-bond acceptors (Lipinski definition) is 3. The van der Waals surface area contributed by atoms with E-state index in [2.05, 4.69) is 5.32 Å². The Morgan fingerprint density at radius 2 is 2.05 bits per heavy atom. The van der Waals surface area contributed by atoms with Crippen molar-refractivity contribution < 1.29 is 14.0 Å². The van der Waals surface area contributed by atoms with Crippen LogP contribution in [0, 0.1) is 5.82 Å². The summed E-state index contributed by atoms with van der Waals surface area (Å²) in [5.74, 6) is -1.47. The molecule has 0 spiro atoms. The van der Waals surface area contributed by atoms with Crippen LogP contribution < -0.4 is 11.1 Å². The van der Waals surface area contributed by atoms with E-state index in [-0.39, 0.29) is 23.7 Å². The summed E-state index contributed by atoms with van der Waals surface area (Å²) >= 11 is 0. The van der Waals surface area contributed by atoms with Crippen LogP contribution in [0.1, 0.15) is 24.2 Å². The van der Waals surface area contributed by atoms with Crippen LogP contribution in [-0.4, -0.2) is 36.3 Å². The number of anilines is 1. The van der Waals surface area contributed by atoms with Gasteiger partial charge in [0.15, 0.2) is 0 Å². The molecular formula is C13H18FN3O2. The molecule has 0 heterocycles. The van der Waals surface area contributed by atoms with Crippen molar-refractivity contribution in [1.82, 2.24) is 10.2 Å². The maximum atomic E-state index is 13.7. The number of carbonyl (C=O) groups excluding carboxylic acids is 2. The highest BCUT2D eigenvalue weighted by molar-refractivity contribution is 5.97. The lowest BCUT2D eigenvalue weighted by Gasteiger charge is -2.20. The van der Waals surface area contributed by atoms with Gasteiger partial charge < -0.3 is 16.0 Å². The number of rotatable bonds is 5. The number of halogens is 1. The Hall–Kier alpha value is -2.11. The standard InChI is InChI=1S/C13H18FN3O2/c1-3-16-12(18)8-17(4-2)13(19)10-6-5-9(15)7-11(10)14/h5-7H,3-4,8,15H2,1-2H3,(H,16,18). The molecule has 0 unspecified atom stereocenters. The number of carbonyl (C=O) groups is 2. The molecule has 0 atom stereocenters. The Kier molecular flexibility index (Phi) is 5.29. The van der Waals surface area contributed by atoms with Gasteiger partial charge in [-0.1, -0.05) is 0 Å². The molecule has 3 N–H and O–H groups in total. The average molecular weight is 267 g/mol. The normalized spacial score (nSPS) is 10.1. The Morgan fingerprint density at radius 1 is 1.37 bits per heavy atom. The second-order valence-electron chi connectivity index (χ2n) is 4.01. The van der Waals surface area contributed by atoms with Crippen molar-refractivity contribution in [3.8, 4) is 0 Å². The van der Waals surface area contributed by atoms with Crippen molar-refractivity contribution in [3.05, 3.63) is 29.6 Å². The van der Waals surface area contributed by atoms with Crippen LogP contribution in [-0.2, 0) is 4.79 Å². The highest BCUT2D eigenvalue weighted by Gasteiger charge is 2.20.